The molecule has 1 aliphatic carbocycles. The topological polar surface area (TPSA) is 131 Å². The van der Waals surface area contributed by atoms with E-state index in [9.17, 15) is 14.9 Å². The molecule has 1 aliphatic heterocycles. The maximum absolute atomic E-state index is 13.4. The van der Waals surface area contributed by atoms with Gasteiger partial charge < -0.3 is 19.3 Å². The number of rotatable bonds is 8. The molecular weight excluding hydrogens is 548 g/mol. The fourth-order valence-electron chi connectivity index (χ4n) is 5.63. The highest BCUT2D eigenvalue weighted by atomic mass is 16.6. The molecule has 3 aromatic rings. The molecule has 43 heavy (non-hydrogen) atoms. The van der Waals surface area contributed by atoms with Gasteiger partial charge in [-0.25, -0.2) is 14.5 Å². The highest BCUT2D eigenvalue weighted by Crippen LogP contribution is 2.31. The molecule has 1 amide bonds. The summed E-state index contributed by atoms with van der Waals surface area (Å²) in [6.45, 7) is 9.72. The Balaban J connectivity index is 1.32. The summed E-state index contributed by atoms with van der Waals surface area (Å²) >= 11 is 0. The number of carbonyl (C=O) groups is 1. The van der Waals surface area contributed by atoms with Crippen molar-refractivity contribution in [1.29, 1.82) is 5.26 Å². The Bertz CT molecular complexity index is 1550. The molecule has 12 nitrogen and oxygen atoms in total. The van der Waals surface area contributed by atoms with Crippen molar-refractivity contribution in [2.24, 2.45) is 5.92 Å². The van der Waals surface area contributed by atoms with E-state index in [1.165, 1.54) is 19.7 Å². The molecule has 1 saturated carbocycles. The van der Waals surface area contributed by atoms with Gasteiger partial charge in [-0.3, -0.25) is 9.36 Å². The van der Waals surface area contributed by atoms with Crippen LogP contribution in [-0.4, -0.2) is 73.9 Å². The highest BCUT2D eigenvalue weighted by molar-refractivity contribution is 5.69. The fourth-order valence-corrected chi connectivity index (χ4v) is 5.63. The van der Waals surface area contributed by atoms with Gasteiger partial charge in [0, 0.05) is 43.1 Å². The average molecular weight is 589 g/mol. The van der Waals surface area contributed by atoms with Gasteiger partial charge in [0.2, 0.25) is 0 Å². The first kappa shape index (κ1) is 30.1. The normalized spacial score (nSPS) is 18.0. The Hall–Kier alpha value is -4.40. The standard InChI is InChI=1S/C31H40N8O4/c1-21(39-20-28(34-35-39)26-15-25(42-5)17-33-27(26)16-32)37-13-11-23(14-29(37)40)36-12-7-10-24(19-36)38(18-22-8-6-9-22)30(41)43-31(2,3)4/h11,13-15,17,20-22,24H,6-10,12,18-19H2,1-5H3/t21?,24-/m1/s1. The molecule has 1 saturated heterocycles. The summed E-state index contributed by atoms with van der Waals surface area (Å²) in [6, 6.07) is 7.35. The van der Waals surface area contributed by atoms with Crippen LogP contribution in [0.25, 0.3) is 11.3 Å². The van der Waals surface area contributed by atoms with E-state index >= 15 is 0 Å². The van der Waals surface area contributed by atoms with Gasteiger partial charge in [-0.2, -0.15) is 5.26 Å². The van der Waals surface area contributed by atoms with Crippen LogP contribution >= 0.6 is 0 Å². The third-order valence-corrected chi connectivity index (χ3v) is 8.22. The average Bonchev–Trinajstić information content (AvgIpc) is 3.45. The Morgan fingerprint density at radius 2 is 2.02 bits per heavy atom. The van der Waals surface area contributed by atoms with Gasteiger partial charge >= 0.3 is 6.09 Å². The van der Waals surface area contributed by atoms with E-state index in [-0.39, 0.29) is 23.4 Å². The maximum Gasteiger partial charge on any atom is 0.410 e. The quantitative estimate of drug-likeness (QED) is 0.374. The van der Waals surface area contributed by atoms with Crippen LogP contribution in [0, 0.1) is 17.2 Å². The van der Waals surface area contributed by atoms with Gasteiger partial charge in [0.05, 0.1) is 25.5 Å². The number of amides is 1. The molecule has 4 heterocycles. The second kappa shape index (κ2) is 12.5. The number of anilines is 1. The summed E-state index contributed by atoms with van der Waals surface area (Å²) in [5, 5.41) is 18.0. The van der Waals surface area contributed by atoms with Gasteiger partial charge in [0.25, 0.3) is 5.56 Å². The number of methoxy groups -OCH3 is 1. The maximum atomic E-state index is 13.4. The second-order valence-corrected chi connectivity index (χ2v) is 12.4. The van der Waals surface area contributed by atoms with Crippen LogP contribution in [0.4, 0.5) is 10.5 Å². The Morgan fingerprint density at radius 3 is 2.67 bits per heavy atom. The van der Waals surface area contributed by atoms with Crippen molar-refractivity contribution < 1.29 is 14.3 Å². The number of hydrogen-bond donors (Lipinski definition) is 0. The molecule has 12 heteroatoms. The molecule has 2 atom stereocenters. The number of ether oxygens (including phenoxy) is 2. The Kier molecular flexibility index (Phi) is 8.71. The minimum atomic E-state index is -0.557. The lowest BCUT2D eigenvalue weighted by Gasteiger charge is -2.43. The molecular formula is C31H40N8O4. The third-order valence-electron chi connectivity index (χ3n) is 8.22. The van der Waals surface area contributed by atoms with E-state index in [4.69, 9.17) is 9.47 Å². The summed E-state index contributed by atoms with van der Waals surface area (Å²) in [4.78, 5) is 34.8. The molecule has 0 spiro atoms. The number of piperidine rings is 1. The zero-order valence-corrected chi connectivity index (χ0v) is 25.6. The third kappa shape index (κ3) is 6.82. The van der Waals surface area contributed by atoms with Gasteiger partial charge in [-0.15, -0.1) is 5.10 Å². The van der Waals surface area contributed by atoms with Crippen molar-refractivity contribution in [2.75, 3.05) is 31.6 Å². The smallest absolute Gasteiger partial charge is 0.410 e. The summed E-state index contributed by atoms with van der Waals surface area (Å²) in [5.41, 5.74) is 1.25. The van der Waals surface area contributed by atoms with E-state index < -0.39 is 11.8 Å². The minimum absolute atomic E-state index is 0.0172. The monoisotopic (exact) mass is 588 g/mol. The Labute approximate surface area is 251 Å². The molecule has 2 aliphatic rings. The predicted octanol–water partition coefficient (Wildman–Crippen LogP) is 4.45. The molecule has 1 unspecified atom stereocenters. The summed E-state index contributed by atoms with van der Waals surface area (Å²) in [7, 11) is 1.53. The van der Waals surface area contributed by atoms with Crippen LogP contribution in [0.3, 0.4) is 0 Å². The lowest BCUT2D eigenvalue weighted by atomic mass is 9.84. The zero-order chi connectivity index (χ0) is 30.7. The van der Waals surface area contributed by atoms with Crippen LogP contribution in [0.2, 0.25) is 0 Å². The summed E-state index contributed by atoms with van der Waals surface area (Å²) in [5.74, 6) is 1.03. The lowest BCUT2D eigenvalue weighted by Crippen LogP contribution is -2.53. The summed E-state index contributed by atoms with van der Waals surface area (Å²) in [6.07, 6.45) is 9.54. The first-order valence-electron chi connectivity index (χ1n) is 14.9. The van der Waals surface area contributed by atoms with E-state index in [0.29, 0.717) is 36.0 Å². The van der Waals surface area contributed by atoms with Gasteiger partial charge in [0.1, 0.15) is 35.0 Å². The lowest BCUT2D eigenvalue weighted by molar-refractivity contribution is 0.00736. The number of nitrogens with zero attached hydrogens (tertiary/aromatic N) is 8. The SMILES string of the molecule is COc1cnc(C#N)c(-c2cn(C(C)n3ccc(N4CCC[C@@H](N(CC5CCC5)C(=O)OC(C)(C)C)C4)cc3=O)nn2)c1. The molecule has 0 N–H and O–H groups in total. The number of pyridine rings is 2. The van der Waals surface area contributed by atoms with E-state index in [2.05, 4.69) is 26.3 Å². The molecule has 0 aromatic carbocycles. The van der Waals surface area contributed by atoms with Crippen LogP contribution in [-0.2, 0) is 4.74 Å². The van der Waals surface area contributed by atoms with Crippen molar-refractivity contribution in [3.8, 4) is 23.1 Å². The first-order chi connectivity index (χ1) is 20.6. The predicted molar refractivity (Wildman–Crippen MR) is 161 cm³/mol. The zero-order valence-electron chi connectivity index (χ0n) is 25.6. The van der Waals surface area contributed by atoms with Crippen LogP contribution in [0.5, 0.6) is 5.75 Å². The molecule has 2 fully saturated rings. The summed E-state index contributed by atoms with van der Waals surface area (Å²) < 4.78 is 14.2. The molecule has 3 aromatic heterocycles. The largest absolute Gasteiger partial charge is 0.495 e. The van der Waals surface area contributed by atoms with Gasteiger partial charge in [-0.05, 0) is 71.4 Å². The van der Waals surface area contributed by atoms with Crippen LogP contribution in [0.1, 0.15) is 71.7 Å². The van der Waals surface area contributed by atoms with Crippen molar-refractivity contribution in [2.45, 2.75) is 77.6 Å². The number of hydrogen-bond acceptors (Lipinski definition) is 9. The van der Waals surface area contributed by atoms with E-state index in [0.717, 1.165) is 37.9 Å². The van der Waals surface area contributed by atoms with E-state index in [1.807, 2.05) is 38.7 Å². The number of aromatic nitrogens is 5. The fraction of sp³-hybridized carbons (Fsp3) is 0.548. The van der Waals surface area contributed by atoms with Gasteiger partial charge in [0.15, 0.2) is 0 Å². The molecule has 0 bridgehead atoms. The van der Waals surface area contributed by atoms with Crippen molar-refractivity contribution in [3.05, 3.63) is 52.8 Å². The highest BCUT2D eigenvalue weighted by Gasteiger charge is 2.34. The van der Waals surface area contributed by atoms with E-state index in [1.54, 1.807) is 33.8 Å². The first-order valence-corrected chi connectivity index (χ1v) is 14.9. The number of carbonyl (C=O) groups excluding carboxylic acids is 1. The van der Waals surface area contributed by atoms with Crippen LogP contribution in [0.15, 0.2) is 41.6 Å². The van der Waals surface area contributed by atoms with Crippen LogP contribution < -0.4 is 15.2 Å². The van der Waals surface area contributed by atoms with Crippen molar-refractivity contribution in [3.63, 3.8) is 0 Å². The molecule has 5 rings (SSSR count). The molecule has 0 radical (unpaired) electrons. The van der Waals surface area contributed by atoms with Crippen molar-refractivity contribution >= 4 is 11.8 Å². The number of nitriles is 1. The Morgan fingerprint density at radius 1 is 1.23 bits per heavy atom. The van der Waals surface area contributed by atoms with Crippen molar-refractivity contribution in [1.82, 2.24) is 29.4 Å². The van der Waals surface area contributed by atoms with Gasteiger partial charge in [-0.1, -0.05) is 11.6 Å². The second-order valence-electron chi connectivity index (χ2n) is 12.4. The minimum Gasteiger partial charge on any atom is -0.495 e. The molecule has 228 valence electrons.